The summed E-state index contributed by atoms with van der Waals surface area (Å²) < 4.78 is 12.8. The topological polar surface area (TPSA) is 82.2 Å². The monoisotopic (exact) mass is 484 g/mol. The lowest BCUT2D eigenvalue weighted by Gasteiger charge is -2.10. The van der Waals surface area contributed by atoms with Crippen molar-refractivity contribution < 1.29 is 13.9 Å². The molecule has 5 aromatic rings. The van der Waals surface area contributed by atoms with Crippen molar-refractivity contribution in [2.24, 2.45) is 0 Å². The fraction of sp³-hybridized carbons (Fsp3) is 0.148. The molecule has 3 heterocycles. The number of imidazole rings is 1. The highest BCUT2D eigenvalue weighted by molar-refractivity contribution is 7.98. The average Bonchev–Trinajstić information content (AvgIpc) is 3.55. The molecule has 3 aromatic heterocycles. The Bertz CT molecular complexity index is 1430. The van der Waals surface area contributed by atoms with Gasteiger partial charge < -0.3 is 19.0 Å². The fourth-order valence-electron chi connectivity index (χ4n) is 3.75. The highest BCUT2D eigenvalue weighted by Crippen LogP contribution is 2.28. The molecule has 0 spiro atoms. The summed E-state index contributed by atoms with van der Waals surface area (Å²) in [5.41, 5.74) is 4.74. The first-order valence-corrected chi connectivity index (χ1v) is 12.1. The number of hydrogen-bond donors (Lipinski definition) is 1. The summed E-state index contributed by atoms with van der Waals surface area (Å²) in [7, 11) is 1.67. The van der Waals surface area contributed by atoms with Crippen LogP contribution in [0.1, 0.15) is 27.2 Å². The Labute approximate surface area is 207 Å². The van der Waals surface area contributed by atoms with E-state index in [4.69, 9.17) is 14.1 Å². The maximum atomic E-state index is 12.4. The summed E-state index contributed by atoms with van der Waals surface area (Å²) in [6.45, 7) is 1.03. The van der Waals surface area contributed by atoms with Crippen LogP contribution in [0, 0.1) is 0 Å². The van der Waals surface area contributed by atoms with Crippen molar-refractivity contribution in [3.05, 3.63) is 108 Å². The van der Waals surface area contributed by atoms with Gasteiger partial charge in [-0.05, 0) is 53.6 Å². The standard InChI is InChI=1S/C27H24N4O3S/c1-33-22-5-2-4-20(14-22)17-31-25-16-28-12-11-24(25)30-27(31)35-18-19-7-9-21(10-8-19)26(32)29-15-23-6-3-13-34-23/h2-14,16H,15,17-18H2,1H3,(H,29,32). The molecule has 0 aliphatic heterocycles. The molecule has 0 fully saturated rings. The van der Waals surface area contributed by atoms with Crippen LogP contribution in [0.4, 0.5) is 0 Å². The van der Waals surface area contributed by atoms with Gasteiger partial charge in [-0.3, -0.25) is 9.78 Å². The predicted octanol–water partition coefficient (Wildman–Crippen LogP) is 5.30. The van der Waals surface area contributed by atoms with Gasteiger partial charge in [-0.2, -0.15) is 0 Å². The van der Waals surface area contributed by atoms with Gasteiger partial charge in [0.05, 0.1) is 43.7 Å². The van der Waals surface area contributed by atoms with Gasteiger partial charge in [0.15, 0.2) is 5.16 Å². The van der Waals surface area contributed by atoms with Crippen molar-refractivity contribution in [2.75, 3.05) is 7.11 Å². The Kier molecular flexibility index (Phi) is 6.81. The van der Waals surface area contributed by atoms with Crippen molar-refractivity contribution in [1.29, 1.82) is 0 Å². The van der Waals surface area contributed by atoms with E-state index >= 15 is 0 Å². The minimum Gasteiger partial charge on any atom is -0.497 e. The Morgan fingerprint density at radius 1 is 1.09 bits per heavy atom. The zero-order valence-corrected chi connectivity index (χ0v) is 20.0. The lowest BCUT2D eigenvalue weighted by atomic mass is 10.1. The Hall–Kier alpha value is -4.04. The molecule has 5 rings (SSSR count). The highest BCUT2D eigenvalue weighted by atomic mass is 32.2. The Morgan fingerprint density at radius 2 is 1.97 bits per heavy atom. The minimum absolute atomic E-state index is 0.131. The number of hydrogen-bond acceptors (Lipinski definition) is 6. The summed E-state index contributed by atoms with van der Waals surface area (Å²) in [6.07, 6.45) is 5.20. The van der Waals surface area contributed by atoms with Crippen LogP contribution in [0.25, 0.3) is 11.0 Å². The van der Waals surface area contributed by atoms with E-state index < -0.39 is 0 Å². The number of ether oxygens (including phenoxy) is 1. The second-order valence-electron chi connectivity index (χ2n) is 7.94. The van der Waals surface area contributed by atoms with Crippen LogP contribution in [0.5, 0.6) is 5.75 Å². The van der Waals surface area contributed by atoms with E-state index in [-0.39, 0.29) is 5.91 Å². The molecule has 8 heteroatoms. The van der Waals surface area contributed by atoms with Crippen LogP contribution in [-0.4, -0.2) is 27.6 Å². The number of pyridine rings is 1. The van der Waals surface area contributed by atoms with E-state index in [9.17, 15) is 4.79 Å². The molecule has 7 nitrogen and oxygen atoms in total. The minimum atomic E-state index is -0.131. The normalized spacial score (nSPS) is 11.0. The SMILES string of the molecule is COc1cccc(Cn2c(SCc3ccc(C(=O)NCc4ccco4)cc3)nc3ccncc32)c1. The van der Waals surface area contributed by atoms with E-state index in [1.165, 1.54) is 0 Å². The van der Waals surface area contributed by atoms with E-state index in [1.54, 1.807) is 37.4 Å². The zero-order valence-electron chi connectivity index (χ0n) is 19.2. The molecule has 176 valence electrons. The number of carbonyl (C=O) groups excluding carboxylic acids is 1. The van der Waals surface area contributed by atoms with Crippen LogP contribution in [0.15, 0.2) is 95.0 Å². The number of amides is 1. The van der Waals surface area contributed by atoms with Crippen LogP contribution >= 0.6 is 11.8 Å². The number of nitrogens with one attached hydrogen (secondary N) is 1. The molecular formula is C27H24N4O3S. The number of thioether (sulfide) groups is 1. The van der Waals surface area contributed by atoms with Gasteiger partial charge in [0.2, 0.25) is 0 Å². The first-order valence-electron chi connectivity index (χ1n) is 11.1. The smallest absolute Gasteiger partial charge is 0.251 e. The van der Waals surface area contributed by atoms with Crippen LogP contribution in [-0.2, 0) is 18.8 Å². The molecule has 1 N–H and O–H groups in total. The second-order valence-corrected chi connectivity index (χ2v) is 8.89. The largest absolute Gasteiger partial charge is 0.497 e. The average molecular weight is 485 g/mol. The zero-order chi connectivity index (χ0) is 24.0. The van der Waals surface area contributed by atoms with Crippen molar-refractivity contribution >= 4 is 28.7 Å². The van der Waals surface area contributed by atoms with Crippen LogP contribution in [0.3, 0.4) is 0 Å². The van der Waals surface area contributed by atoms with Crippen molar-refractivity contribution in [1.82, 2.24) is 19.9 Å². The maximum Gasteiger partial charge on any atom is 0.251 e. The van der Waals surface area contributed by atoms with Gasteiger partial charge in [-0.1, -0.05) is 36.0 Å². The summed E-state index contributed by atoms with van der Waals surface area (Å²) in [6, 6.07) is 21.2. The first-order chi connectivity index (χ1) is 17.2. The van der Waals surface area contributed by atoms with Crippen molar-refractivity contribution in [3.63, 3.8) is 0 Å². The van der Waals surface area contributed by atoms with Gasteiger partial charge >= 0.3 is 0 Å². The van der Waals surface area contributed by atoms with Crippen molar-refractivity contribution in [3.8, 4) is 5.75 Å². The van der Waals surface area contributed by atoms with Crippen LogP contribution in [0.2, 0.25) is 0 Å². The quantitative estimate of drug-likeness (QED) is 0.286. The molecule has 35 heavy (non-hydrogen) atoms. The lowest BCUT2D eigenvalue weighted by Crippen LogP contribution is -2.22. The number of nitrogens with zero attached hydrogens (tertiary/aromatic N) is 3. The van der Waals surface area contributed by atoms with E-state index in [0.717, 1.165) is 44.6 Å². The third-order valence-electron chi connectivity index (χ3n) is 5.58. The van der Waals surface area contributed by atoms with Gasteiger partial charge in [-0.15, -0.1) is 0 Å². The molecule has 0 aliphatic carbocycles. The molecule has 1 amide bonds. The molecule has 0 saturated carbocycles. The molecule has 0 aliphatic rings. The molecular weight excluding hydrogens is 460 g/mol. The third-order valence-corrected chi connectivity index (χ3v) is 6.63. The summed E-state index contributed by atoms with van der Waals surface area (Å²) in [4.78, 5) is 21.5. The first kappa shape index (κ1) is 22.7. The Morgan fingerprint density at radius 3 is 2.77 bits per heavy atom. The molecule has 0 saturated heterocycles. The van der Waals surface area contributed by atoms with E-state index in [2.05, 4.69) is 20.9 Å². The molecule has 0 bridgehead atoms. The van der Waals surface area contributed by atoms with Gasteiger partial charge in [-0.25, -0.2) is 4.98 Å². The number of aromatic nitrogens is 3. The second kappa shape index (κ2) is 10.5. The van der Waals surface area contributed by atoms with Gasteiger partial charge in [0.25, 0.3) is 5.91 Å². The molecule has 0 unspecified atom stereocenters. The van der Waals surface area contributed by atoms with E-state index in [1.807, 2.05) is 60.8 Å². The number of furan rings is 1. The number of benzene rings is 2. The molecule has 2 aromatic carbocycles. The third kappa shape index (κ3) is 5.38. The Balaban J connectivity index is 1.29. The number of methoxy groups -OCH3 is 1. The van der Waals surface area contributed by atoms with E-state index in [0.29, 0.717) is 18.7 Å². The number of carbonyl (C=O) groups is 1. The maximum absolute atomic E-state index is 12.4. The lowest BCUT2D eigenvalue weighted by molar-refractivity contribution is 0.0948. The van der Waals surface area contributed by atoms with Gasteiger partial charge in [0.1, 0.15) is 11.5 Å². The summed E-state index contributed by atoms with van der Waals surface area (Å²) in [5, 5.41) is 3.78. The molecule has 0 radical (unpaired) electrons. The number of fused-ring (bicyclic) bond motifs is 1. The van der Waals surface area contributed by atoms with Gasteiger partial charge in [0, 0.05) is 17.5 Å². The number of rotatable bonds is 9. The summed E-state index contributed by atoms with van der Waals surface area (Å²) >= 11 is 1.66. The van der Waals surface area contributed by atoms with Crippen LogP contribution < -0.4 is 10.1 Å². The predicted molar refractivity (Wildman–Crippen MR) is 136 cm³/mol. The summed E-state index contributed by atoms with van der Waals surface area (Å²) in [5.74, 6) is 2.14. The fourth-order valence-corrected chi connectivity index (χ4v) is 4.72. The molecule has 0 atom stereocenters. The van der Waals surface area contributed by atoms with Crippen molar-refractivity contribution in [2.45, 2.75) is 24.0 Å². The highest BCUT2D eigenvalue weighted by Gasteiger charge is 2.13.